The quantitative estimate of drug-likeness (QED) is 0.118. The van der Waals surface area contributed by atoms with E-state index >= 15 is 0 Å². The normalized spacial score (nSPS) is 32.7. The molecule has 15 heteroatoms. The number of hydrogen-bond donors (Lipinski definition) is 7. The third-order valence-corrected chi connectivity index (χ3v) is 12.8. The first-order valence-electron chi connectivity index (χ1n) is 16.4. The second kappa shape index (κ2) is 15.5. The summed E-state index contributed by atoms with van der Waals surface area (Å²) in [6.45, 7) is 5.42. The van der Waals surface area contributed by atoms with Crippen molar-refractivity contribution in [1.82, 2.24) is 0 Å². The van der Waals surface area contributed by atoms with Crippen molar-refractivity contribution in [3.63, 3.8) is 0 Å². The molecule has 5 rings (SSSR count). The van der Waals surface area contributed by atoms with Crippen LogP contribution in [0.5, 0.6) is 17.2 Å². The van der Waals surface area contributed by atoms with Gasteiger partial charge in [0.15, 0.2) is 5.78 Å². The van der Waals surface area contributed by atoms with Crippen LogP contribution in [0.3, 0.4) is 0 Å². The molecule has 0 amide bonds. The summed E-state index contributed by atoms with van der Waals surface area (Å²) in [6, 6.07) is 2.18. The number of carboxylic acid groups (broad SMARTS) is 1. The van der Waals surface area contributed by atoms with Crippen LogP contribution in [0.25, 0.3) is 10.8 Å². The van der Waals surface area contributed by atoms with E-state index in [1.54, 1.807) is 10.8 Å². The Bertz CT molecular complexity index is 1530. The summed E-state index contributed by atoms with van der Waals surface area (Å²) < 4.78 is 24.4. The minimum atomic E-state index is -1.77. The fraction of sp³-hybridized carbons (Fsp3) is 0.647. The third kappa shape index (κ3) is 7.11. The van der Waals surface area contributed by atoms with Crippen LogP contribution in [-0.4, -0.2) is 116 Å². The minimum absolute atomic E-state index is 0.0400. The van der Waals surface area contributed by atoms with Gasteiger partial charge in [-0.15, -0.1) is 0 Å². The summed E-state index contributed by atoms with van der Waals surface area (Å²) in [4.78, 5) is 24.5. The number of ether oxygens (including phenoxy) is 4. The van der Waals surface area contributed by atoms with Crippen molar-refractivity contribution in [2.24, 2.45) is 17.3 Å². The zero-order chi connectivity index (χ0) is 35.7. The van der Waals surface area contributed by atoms with E-state index in [1.165, 1.54) is 24.6 Å². The highest BCUT2D eigenvalue weighted by molar-refractivity contribution is 8.76. The lowest BCUT2D eigenvalue weighted by atomic mass is 9.64. The lowest BCUT2D eigenvalue weighted by Gasteiger charge is -2.51. The van der Waals surface area contributed by atoms with E-state index in [1.807, 2.05) is 0 Å². The van der Waals surface area contributed by atoms with Crippen LogP contribution in [0, 0.1) is 24.2 Å². The molecule has 2 aromatic rings. The summed E-state index contributed by atoms with van der Waals surface area (Å²) in [5.41, 5.74) is -2.19. The fourth-order valence-electron chi connectivity index (χ4n) is 7.96. The Morgan fingerprint density at radius 2 is 1.86 bits per heavy atom. The van der Waals surface area contributed by atoms with Crippen LogP contribution in [-0.2, 0) is 14.2 Å². The van der Waals surface area contributed by atoms with Gasteiger partial charge in [-0.05, 0) is 69.9 Å². The summed E-state index contributed by atoms with van der Waals surface area (Å²) in [6.07, 6.45) is -3.22. The molecule has 0 aromatic heterocycles. The van der Waals surface area contributed by atoms with Gasteiger partial charge in [-0.3, -0.25) is 4.79 Å². The molecule has 3 aliphatic rings. The summed E-state index contributed by atoms with van der Waals surface area (Å²) in [5, 5.41) is 75.2. The molecule has 0 bridgehead atoms. The van der Waals surface area contributed by atoms with Crippen LogP contribution in [0.2, 0.25) is 0 Å². The molecule has 272 valence electrons. The number of Topliss-reactive ketones (excluding diaryl/α,β-unsaturated/α-hetero) is 1. The lowest BCUT2D eigenvalue weighted by Crippen LogP contribution is -2.69. The summed E-state index contributed by atoms with van der Waals surface area (Å²) >= 11 is 0. The first kappa shape index (κ1) is 37.9. The maximum Gasteiger partial charge on any atom is 0.335 e. The van der Waals surface area contributed by atoms with E-state index in [0.717, 1.165) is 30.7 Å². The molecule has 8 atom stereocenters. The number of rotatable bonds is 8. The van der Waals surface area contributed by atoms with Gasteiger partial charge < -0.3 is 54.7 Å². The van der Waals surface area contributed by atoms with Crippen molar-refractivity contribution in [1.29, 1.82) is 0 Å². The van der Waals surface area contributed by atoms with Gasteiger partial charge in [0.1, 0.15) is 47.1 Å². The SMILES string of the molecule is CC(=O)c1c(C)c(O)c2cc(C(=O)O)cc(OC3OC(CO)C4(CCC(C)C5CCOCC5(CCCO)CSSCO4)C(O)C3O)c2c1O. The van der Waals surface area contributed by atoms with E-state index in [2.05, 4.69) is 6.92 Å². The molecule has 8 unspecified atom stereocenters. The number of aromatic hydroxyl groups is 2. The van der Waals surface area contributed by atoms with Gasteiger partial charge in [0.05, 0.1) is 29.7 Å². The number of fused-ring (bicyclic) bond motifs is 2. The van der Waals surface area contributed by atoms with E-state index in [-0.39, 0.29) is 69.4 Å². The van der Waals surface area contributed by atoms with Gasteiger partial charge >= 0.3 is 5.97 Å². The monoisotopic (exact) mass is 726 g/mol. The maximum absolute atomic E-state index is 12.4. The van der Waals surface area contributed by atoms with Crippen molar-refractivity contribution in [3.8, 4) is 17.2 Å². The Hall–Kier alpha value is -2.34. The number of aliphatic hydroxyl groups is 4. The number of phenolic OH excluding ortho intramolecular Hbond substituents is 2. The molecule has 3 saturated heterocycles. The molecule has 3 heterocycles. The predicted octanol–water partition coefficient (Wildman–Crippen LogP) is 3.60. The van der Waals surface area contributed by atoms with Crippen LogP contribution in [0.15, 0.2) is 12.1 Å². The first-order chi connectivity index (χ1) is 23.3. The summed E-state index contributed by atoms with van der Waals surface area (Å²) in [7, 11) is 3.04. The van der Waals surface area contributed by atoms with Crippen molar-refractivity contribution >= 4 is 44.1 Å². The minimum Gasteiger partial charge on any atom is -0.507 e. The number of benzene rings is 2. The van der Waals surface area contributed by atoms with Crippen molar-refractivity contribution < 1.29 is 64.3 Å². The maximum atomic E-state index is 12.4. The molecule has 1 spiro atoms. The van der Waals surface area contributed by atoms with Gasteiger partial charge in [0.2, 0.25) is 6.29 Å². The Morgan fingerprint density at radius 3 is 2.53 bits per heavy atom. The number of aliphatic hydroxyl groups excluding tert-OH is 4. The molecule has 2 aromatic carbocycles. The number of carboxylic acids is 1. The number of phenols is 2. The van der Waals surface area contributed by atoms with Crippen LogP contribution >= 0.6 is 21.6 Å². The number of hydrogen-bond acceptors (Lipinski definition) is 14. The second-order valence-electron chi connectivity index (χ2n) is 13.4. The van der Waals surface area contributed by atoms with E-state index in [9.17, 15) is 45.3 Å². The average Bonchev–Trinajstić information content (AvgIpc) is 3.10. The van der Waals surface area contributed by atoms with Crippen LogP contribution in [0.4, 0.5) is 0 Å². The number of carbonyl (C=O) groups is 2. The molecule has 0 saturated carbocycles. The highest BCUT2D eigenvalue weighted by Gasteiger charge is 2.58. The van der Waals surface area contributed by atoms with Crippen molar-refractivity contribution in [2.45, 2.75) is 83.1 Å². The van der Waals surface area contributed by atoms with Crippen LogP contribution in [0.1, 0.15) is 72.2 Å². The number of aromatic carboxylic acids is 1. The van der Waals surface area contributed by atoms with Gasteiger partial charge in [0.25, 0.3) is 0 Å². The smallest absolute Gasteiger partial charge is 0.335 e. The van der Waals surface area contributed by atoms with Crippen molar-refractivity contribution in [3.05, 3.63) is 28.8 Å². The van der Waals surface area contributed by atoms with E-state index in [0.29, 0.717) is 26.1 Å². The van der Waals surface area contributed by atoms with Gasteiger partial charge in [-0.2, -0.15) is 0 Å². The largest absolute Gasteiger partial charge is 0.507 e. The zero-order valence-corrected chi connectivity index (χ0v) is 29.4. The zero-order valence-electron chi connectivity index (χ0n) is 27.8. The molecule has 3 fully saturated rings. The molecule has 13 nitrogen and oxygen atoms in total. The Labute approximate surface area is 292 Å². The molecule has 3 aliphatic heterocycles. The number of carbonyl (C=O) groups excluding carboxylic acids is 1. The van der Waals surface area contributed by atoms with Gasteiger partial charge in [-0.1, -0.05) is 28.5 Å². The molecule has 0 aliphatic carbocycles. The molecule has 0 radical (unpaired) electrons. The molecular weight excluding hydrogens is 680 g/mol. The third-order valence-electron chi connectivity index (χ3n) is 10.6. The Balaban J connectivity index is 1.49. The lowest BCUT2D eigenvalue weighted by molar-refractivity contribution is -0.322. The van der Waals surface area contributed by atoms with E-state index < -0.39 is 60.1 Å². The molecule has 7 N–H and O–H groups in total. The predicted molar refractivity (Wildman–Crippen MR) is 182 cm³/mol. The fourth-order valence-corrected chi connectivity index (χ4v) is 10.4. The summed E-state index contributed by atoms with van der Waals surface area (Å²) in [5.74, 6) is -2.02. The van der Waals surface area contributed by atoms with E-state index in [4.69, 9.17) is 18.9 Å². The molecular formula is C34H46O13S2. The highest BCUT2D eigenvalue weighted by atomic mass is 33.1. The number of ketones is 1. The average molecular weight is 727 g/mol. The topological polar surface area (TPSA) is 213 Å². The Morgan fingerprint density at radius 1 is 1.10 bits per heavy atom. The van der Waals surface area contributed by atoms with Crippen LogP contribution < -0.4 is 4.74 Å². The highest BCUT2D eigenvalue weighted by Crippen LogP contribution is 2.51. The second-order valence-corrected chi connectivity index (χ2v) is 15.8. The molecule has 49 heavy (non-hydrogen) atoms. The first-order valence-corrected chi connectivity index (χ1v) is 18.9. The Kier molecular flexibility index (Phi) is 12.0. The standard InChI is InChI=1S/C34H46O13S2/c1-17-5-8-34(45-16-49-48-15-33(7-4-9-35)14-44-10-6-22(17)33)24(13-36)47-32(29(40)30(34)41)46-23-12-20(31(42)43)11-21-26(23)28(39)25(19(3)37)18(2)27(21)38/h11-12,17,22,24,29-30,32,35-36,38-41H,4-10,13-16H2,1-3H3,(H,42,43). The van der Waals surface area contributed by atoms with Gasteiger partial charge in [0, 0.05) is 35.3 Å². The van der Waals surface area contributed by atoms with Crippen molar-refractivity contribution in [2.75, 3.05) is 38.1 Å². The van der Waals surface area contributed by atoms with Gasteiger partial charge in [-0.25, -0.2) is 4.79 Å².